The van der Waals surface area contributed by atoms with Crippen molar-refractivity contribution < 1.29 is 13.6 Å². The first-order valence-corrected chi connectivity index (χ1v) is 10.0. The SMILES string of the molecule is CC1CCCCN1CCNC(=O)c1cc2occc2c(Nc2ccc(F)cc2)n1. The molecule has 0 saturated carbocycles. The molecule has 1 aromatic carbocycles. The van der Waals surface area contributed by atoms with Crippen LogP contribution < -0.4 is 10.6 Å². The van der Waals surface area contributed by atoms with Gasteiger partial charge in [0.2, 0.25) is 0 Å². The maximum absolute atomic E-state index is 13.2. The molecule has 1 saturated heterocycles. The second kappa shape index (κ2) is 8.61. The van der Waals surface area contributed by atoms with Gasteiger partial charge in [-0.15, -0.1) is 0 Å². The number of nitrogens with zero attached hydrogens (tertiary/aromatic N) is 2. The first-order valence-electron chi connectivity index (χ1n) is 10.0. The lowest BCUT2D eigenvalue weighted by atomic mass is 10.0. The molecule has 1 aliphatic rings. The highest BCUT2D eigenvalue weighted by Crippen LogP contribution is 2.26. The standard InChI is InChI=1S/C22H25FN4O2/c1-15-4-2-3-11-27(15)12-10-24-22(28)19-14-20-18(9-13-29-20)21(26-19)25-17-7-5-16(23)6-8-17/h5-9,13-15H,2-4,10-12H2,1H3,(H,24,28)(H,25,26). The highest BCUT2D eigenvalue weighted by atomic mass is 19.1. The van der Waals surface area contributed by atoms with E-state index in [9.17, 15) is 9.18 Å². The number of furan rings is 1. The predicted molar refractivity (Wildman–Crippen MR) is 111 cm³/mol. The van der Waals surface area contributed by atoms with Gasteiger partial charge in [0.15, 0.2) is 0 Å². The molecule has 7 heteroatoms. The molecule has 1 atom stereocenters. The third-order valence-corrected chi connectivity index (χ3v) is 5.42. The third kappa shape index (κ3) is 4.56. The first-order chi connectivity index (χ1) is 14.1. The number of nitrogens with one attached hydrogen (secondary N) is 2. The van der Waals surface area contributed by atoms with Gasteiger partial charge in [0.25, 0.3) is 5.91 Å². The molecular weight excluding hydrogens is 371 g/mol. The van der Waals surface area contributed by atoms with Crippen LogP contribution in [0.15, 0.2) is 47.1 Å². The van der Waals surface area contributed by atoms with Gasteiger partial charge in [-0.25, -0.2) is 9.37 Å². The summed E-state index contributed by atoms with van der Waals surface area (Å²) >= 11 is 0. The number of halogens is 1. The average Bonchev–Trinajstić information content (AvgIpc) is 3.20. The van der Waals surface area contributed by atoms with Crippen LogP contribution in [0, 0.1) is 5.82 Å². The summed E-state index contributed by atoms with van der Waals surface area (Å²) in [6, 6.07) is 9.97. The molecular formula is C22H25FN4O2. The number of pyridine rings is 1. The van der Waals surface area contributed by atoms with Gasteiger partial charge in [0.05, 0.1) is 11.6 Å². The molecule has 152 valence electrons. The van der Waals surface area contributed by atoms with Crippen molar-refractivity contribution in [3.8, 4) is 0 Å². The van der Waals surface area contributed by atoms with Crippen molar-refractivity contribution in [2.75, 3.05) is 25.0 Å². The number of rotatable bonds is 6. The van der Waals surface area contributed by atoms with E-state index in [0.29, 0.717) is 29.7 Å². The largest absolute Gasteiger partial charge is 0.464 e. The molecule has 29 heavy (non-hydrogen) atoms. The van der Waals surface area contributed by atoms with Crippen LogP contribution in [0.4, 0.5) is 15.9 Å². The summed E-state index contributed by atoms with van der Waals surface area (Å²) in [6.45, 7) is 4.72. The Hall–Kier alpha value is -2.93. The summed E-state index contributed by atoms with van der Waals surface area (Å²) in [5, 5.41) is 6.86. The van der Waals surface area contributed by atoms with Gasteiger partial charge in [0, 0.05) is 30.9 Å². The zero-order valence-corrected chi connectivity index (χ0v) is 16.5. The van der Waals surface area contributed by atoms with Gasteiger partial charge in [-0.1, -0.05) is 6.42 Å². The minimum atomic E-state index is -0.312. The van der Waals surface area contributed by atoms with Crippen LogP contribution in [-0.2, 0) is 0 Å². The van der Waals surface area contributed by atoms with E-state index < -0.39 is 0 Å². The highest BCUT2D eigenvalue weighted by Gasteiger charge is 2.19. The number of hydrogen-bond donors (Lipinski definition) is 2. The fraction of sp³-hybridized carbons (Fsp3) is 0.364. The first kappa shape index (κ1) is 19.4. The Bertz CT molecular complexity index is 986. The van der Waals surface area contributed by atoms with E-state index in [2.05, 4.69) is 27.4 Å². The number of benzene rings is 1. The van der Waals surface area contributed by atoms with E-state index in [4.69, 9.17) is 4.42 Å². The summed E-state index contributed by atoms with van der Waals surface area (Å²) in [4.78, 5) is 19.6. The average molecular weight is 396 g/mol. The van der Waals surface area contributed by atoms with Crippen molar-refractivity contribution >= 4 is 28.4 Å². The highest BCUT2D eigenvalue weighted by molar-refractivity contribution is 5.99. The van der Waals surface area contributed by atoms with Gasteiger partial charge in [-0.3, -0.25) is 9.69 Å². The number of aromatic nitrogens is 1. The normalized spacial score (nSPS) is 17.4. The van der Waals surface area contributed by atoms with Crippen molar-refractivity contribution in [3.05, 3.63) is 54.2 Å². The molecule has 0 bridgehead atoms. The Labute approximate surface area is 169 Å². The molecule has 2 N–H and O–H groups in total. The molecule has 1 unspecified atom stereocenters. The van der Waals surface area contributed by atoms with Crippen molar-refractivity contribution in [1.29, 1.82) is 0 Å². The van der Waals surface area contributed by atoms with Gasteiger partial charge in [0.1, 0.15) is 22.9 Å². The Kier molecular flexibility index (Phi) is 5.76. The molecule has 4 rings (SSSR count). The van der Waals surface area contributed by atoms with Crippen molar-refractivity contribution in [3.63, 3.8) is 0 Å². The minimum absolute atomic E-state index is 0.241. The smallest absolute Gasteiger partial charge is 0.270 e. The van der Waals surface area contributed by atoms with Gasteiger partial charge in [-0.05, 0) is 56.6 Å². The second-order valence-electron chi connectivity index (χ2n) is 7.46. The van der Waals surface area contributed by atoms with Crippen LogP contribution in [0.3, 0.4) is 0 Å². The molecule has 2 aromatic heterocycles. The van der Waals surface area contributed by atoms with Crippen LogP contribution in [0.1, 0.15) is 36.7 Å². The topological polar surface area (TPSA) is 70.4 Å². The number of hydrogen-bond acceptors (Lipinski definition) is 5. The van der Waals surface area contributed by atoms with Crippen molar-refractivity contribution in [2.45, 2.75) is 32.2 Å². The van der Waals surface area contributed by atoms with E-state index in [1.165, 1.54) is 31.4 Å². The molecule has 1 amide bonds. The number of fused-ring (bicyclic) bond motifs is 1. The van der Waals surface area contributed by atoms with Gasteiger partial charge < -0.3 is 15.1 Å². The van der Waals surface area contributed by atoms with E-state index in [1.54, 1.807) is 30.5 Å². The maximum atomic E-state index is 13.2. The number of carbonyl (C=O) groups excluding carboxylic acids is 1. The zero-order chi connectivity index (χ0) is 20.2. The second-order valence-corrected chi connectivity index (χ2v) is 7.46. The molecule has 0 radical (unpaired) electrons. The van der Waals surface area contributed by atoms with E-state index in [0.717, 1.165) is 18.5 Å². The minimum Gasteiger partial charge on any atom is -0.464 e. The third-order valence-electron chi connectivity index (χ3n) is 5.42. The Morgan fingerprint density at radius 2 is 2.10 bits per heavy atom. The van der Waals surface area contributed by atoms with E-state index in [-0.39, 0.29) is 17.4 Å². The Balaban J connectivity index is 1.46. The fourth-order valence-corrected chi connectivity index (χ4v) is 3.74. The summed E-state index contributed by atoms with van der Waals surface area (Å²) in [7, 11) is 0. The number of piperidine rings is 1. The quantitative estimate of drug-likeness (QED) is 0.650. The maximum Gasteiger partial charge on any atom is 0.270 e. The van der Waals surface area contributed by atoms with E-state index in [1.807, 2.05) is 0 Å². The number of anilines is 2. The number of amides is 1. The summed E-state index contributed by atoms with van der Waals surface area (Å²) in [5.74, 6) is -0.0547. The summed E-state index contributed by atoms with van der Waals surface area (Å²) < 4.78 is 18.7. The molecule has 1 fully saturated rings. The van der Waals surface area contributed by atoms with Crippen molar-refractivity contribution in [2.24, 2.45) is 0 Å². The van der Waals surface area contributed by atoms with Crippen molar-refractivity contribution in [1.82, 2.24) is 15.2 Å². The molecule has 0 spiro atoms. The number of carbonyl (C=O) groups is 1. The van der Waals surface area contributed by atoms with Gasteiger partial charge in [-0.2, -0.15) is 0 Å². The lowest BCUT2D eigenvalue weighted by Gasteiger charge is -2.33. The monoisotopic (exact) mass is 396 g/mol. The van der Waals surface area contributed by atoms with Crippen LogP contribution in [0.2, 0.25) is 0 Å². The zero-order valence-electron chi connectivity index (χ0n) is 16.5. The summed E-state index contributed by atoms with van der Waals surface area (Å²) in [6.07, 6.45) is 5.26. The lowest BCUT2D eigenvalue weighted by Crippen LogP contribution is -2.42. The fourth-order valence-electron chi connectivity index (χ4n) is 3.74. The molecule has 3 aromatic rings. The predicted octanol–water partition coefficient (Wildman–Crippen LogP) is 4.31. The molecule has 1 aliphatic heterocycles. The molecule has 6 nitrogen and oxygen atoms in total. The lowest BCUT2D eigenvalue weighted by molar-refractivity contribution is 0.0933. The summed E-state index contributed by atoms with van der Waals surface area (Å²) in [5.41, 5.74) is 1.53. The van der Waals surface area contributed by atoms with Crippen LogP contribution in [-0.4, -0.2) is 41.5 Å². The van der Waals surface area contributed by atoms with E-state index >= 15 is 0 Å². The van der Waals surface area contributed by atoms with Crippen LogP contribution in [0.5, 0.6) is 0 Å². The van der Waals surface area contributed by atoms with Gasteiger partial charge >= 0.3 is 0 Å². The Morgan fingerprint density at radius 3 is 2.90 bits per heavy atom. The van der Waals surface area contributed by atoms with Crippen LogP contribution >= 0.6 is 0 Å². The number of likely N-dealkylation sites (tertiary alicyclic amines) is 1. The molecule has 0 aliphatic carbocycles. The molecule has 3 heterocycles. The Morgan fingerprint density at radius 1 is 1.28 bits per heavy atom. The van der Waals surface area contributed by atoms with Crippen LogP contribution in [0.25, 0.3) is 11.0 Å².